The smallest absolute Gasteiger partial charge is 0.224 e. The number of aliphatic hydroxyl groups is 1. The zero-order chi connectivity index (χ0) is 14.3. The number of nitrogens with two attached hydrogens (primary N) is 1. The van der Waals surface area contributed by atoms with Gasteiger partial charge >= 0.3 is 0 Å². The van der Waals surface area contributed by atoms with E-state index in [1.807, 2.05) is 24.3 Å². The molecule has 1 atom stereocenters. The van der Waals surface area contributed by atoms with Crippen molar-refractivity contribution in [2.24, 2.45) is 11.7 Å². The predicted octanol–water partition coefficient (Wildman–Crippen LogP) is 1.21. The van der Waals surface area contributed by atoms with Gasteiger partial charge in [0.2, 0.25) is 5.91 Å². The molecule has 1 aromatic rings. The molecule has 0 aliphatic carbocycles. The van der Waals surface area contributed by atoms with Crippen molar-refractivity contribution in [2.45, 2.75) is 39.3 Å². The Hall–Kier alpha value is -1.39. The summed E-state index contributed by atoms with van der Waals surface area (Å²) < 4.78 is 0. The van der Waals surface area contributed by atoms with Crippen molar-refractivity contribution >= 4 is 5.91 Å². The summed E-state index contributed by atoms with van der Waals surface area (Å²) in [4.78, 5) is 12.0. The van der Waals surface area contributed by atoms with Gasteiger partial charge in [0.1, 0.15) is 0 Å². The van der Waals surface area contributed by atoms with Gasteiger partial charge in [0.15, 0.2) is 0 Å². The van der Waals surface area contributed by atoms with E-state index in [2.05, 4.69) is 19.2 Å². The summed E-state index contributed by atoms with van der Waals surface area (Å²) in [5.74, 6) is 0.370. The van der Waals surface area contributed by atoms with Gasteiger partial charge in [-0.05, 0) is 23.5 Å². The third kappa shape index (κ3) is 5.41. The van der Waals surface area contributed by atoms with Gasteiger partial charge < -0.3 is 16.2 Å². The molecule has 0 aliphatic heterocycles. The normalized spacial score (nSPS) is 12.5. The highest BCUT2D eigenvalue weighted by atomic mass is 16.3. The fourth-order valence-electron chi connectivity index (χ4n) is 2.13. The van der Waals surface area contributed by atoms with Crippen LogP contribution in [0.1, 0.15) is 31.4 Å². The monoisotopic (exact) mass is 264 g/mol. The molecule has 0 aromatic heterocycles. The van der Waals surface area contributed by atoms with Crippen molar-refractivity contribution in [1.82, 2.24) is 5.32 Å². The van der Waals surface area contributed by atoms with Crippen molar-refractivity contribution < 1.29 is 9.90 Å². The number of rotatable bonds is 7. The minimum atomic E-state index is -0.169. The number of hydrogen-bond acceptors (Lipinski definition) is 3. The van der Waals surface area contributed by atoms with Crippen LogP contribution in [0, 0.1) is 5.92 Å². The summed E-state index contributed by atoms with van der Waals surface area (Å²) in [7, 11) is 0. The van der Waals surface area contributed by atoms with Crippen LogP contribution in [0.15, 0.2) is 24.3 Å². The SMILES string of the molecule is CC(C)CC(CO)NC(=O)Cc1ccccc1CN. The summed E-state index contributed by atoms with van der Waals surface area (Å²) >= 11 is 0. The van der Waals surface area contributed by atoms with Crippen molar-refractivity contribution in [2.75, 3.05) is 6.61 Å². The number of hydrogen-bond donors (Lipinski definition) is 3. The Morgan fingerprint density at radius 3 is 2.47 bits per heavy atom. The first-order valence-electron chi connectivity index (χ1n) is 6.73. The molecule has 0 spiro atoms. The number of amides is 1. The molecule has 0 saturated carbocycles. The van der Waals surface area contributed by atoms with Crippen LogP contribution >= 0.6 is 0 Å². The van der Waals surface area contributed by atoms with Crippen molar-refractivity contribution in [3.05, 3.63) is 35.4 Å². The first-order chi connectivity index (χ1) is 9.06. The highest BCUT2D eigenvalue weighted by molar-refractivity contribution is 5.79. The molecule has 1 amide bonds. The lowest BCUT2D eigenvalue weighted by atomic mass is 10.0. The summed E-state index contributed by atoms with van der Waals surface area (Å²) in [6, 6.07) is 7.49. The van der Waals surface area contributed by atoms with Crippen LogP contribution in [0.5, 0.6) is 0 Å². The second-order valence-corrected chi connectivity index (χ2v) is 5.23. The van der Waals surface area contributed by atoms with Crippen LogP contribution in [0.4, 0.5) is 0 Å². The number of benzene rings is 1. The van der Waals surface area contributed by atoms with Gasteiger partial charge in [-0.1, -0.05) is 38.1 Å². The maximum atomic E-state index is 12.0. The molecule has 0 saturated heterocycles. The van der Waals surface area contributed by atoms with Crippen LogP contribution in [0.3, 0.4) is 0 Å². The van der Waals surface area contributed by atoms with E-state index in [-0.39, 0.29) is 18.6 Å². The van der Waals surface area contributed by atoms with Gasteiger partial charge in [-0.15, -0.1) is 0 Å². The molecule has 0 fully saturated rings. The van der Waals surface area contributed by atoms with Gasteiger partial charge in [-0.2, -0.15) is 0 Å². The van der Waals surface area contributed by atoms with E-state index in [1.54, 1.807) is 0 Å². The largest absolute Gasteiger partial charge is 0.394 e. The number of nitrogens with one attached hydrogen (secondary N) is 1. The highest BCUT2D eigenvalue weighted by Gasteiger charge is 2.14. The quantitative estimate of drug-likeness (QED) is 0.693. The van der Waals surface area contributed by atoms with Crippen LogP contribution in [0.2, 0.25) is 0 Å². The minimum absolute atomic E-state index is 0.0253. The Kier molecular flexibility index (Phi) is 6.53. The predicted molar refractivity (Wildman–Crippen MR) is 76.5 cm³/mol. The molecule has 0 aliphatic rings. The molecule has 1 unspecified atom stereocenters. The molecule has 1 rings (SSSR count). The summed E-state index contributed by atoms with van der Waals surface area (Å²) in [6.45, 7) is 4.54. The van der Waals surface area contributed by atoms with Gasteiger partial charge in [0, 0.05) is 6.54 Å². The van der Waals surface area contributed by atoms with E-state index in [0.717, 1.165) is 17.5 Å². The molecule has 1 aromatic carbocycles. The molecule has 19 heavy (non-hydrogen) atoms. The Labute approximate surface area is 115 Å². The number of carbonyl (C=O) groups is 1. The molecule has 0 radical (unpaired) electrons. The Morgan fingerprint density at radius 1 is 1.32 bits per heavy atom. The van der Waals surface area contributed by atoms with Crippen molar-refractivity contribution in [1.29, 1.82) is 0 Å². The fourth-order valence-corrected chi connectivity index (χ4v) is 2.13. The molecule has 0 heterocycles. The van der Waals surface area contributed by atoms with Gasteiger partial charge in [-0.25, -0.2) is 0 Å². The number of carbonyl (C=O) groups excluding carboxylic acids is 1. The van der Waals surface area contributed by atoms with Crippen molar-refractivity contribution in [3.63, 3.8) is 0 Å². The standard InChI is InChI=1S/C15H24N2O2/c1-11(2)7-14(10-18)17-15(19)8-12-5-3-4-6-13(12)9-16/h3-6,11,14,18H,7-10,16H2,1-2H3,(H,17,19). The highest BCUT2D eigenvalue weighted by Crippen LogP contribution is 2.09. The minimum Gasteiger partial charge on any atom is -0.394 e. The van der Waals surface area contributed by atoms with E-state index >= 15 is 0 Å². The molecule has 106 valence electrons. The average Bonchev–Trinajstić information content (AvgIpc) is 2.38. The zero-order valence-corrected chi connectivity index (χ0v) is 11.7. The summed E-state index contributed by atoms with van der Waals surface area (Å²) in [5.41, 5.74) is 7.58. The topological polar surface area (TPSA) is 75.3 Å². The molecular formula is C15H24N2O2. The summed E-state index contributed by atoms with van der Waals surface area (Å²) in [5, 5.41) is 12.1. The van der Waals surface area contributed by atoms with Crippen LogP contribution in [-0.4, -0.2) is 23.7 Å². The average molecular weight is 264 g/mol. The number of aliphatic hydroxyl groups excluding tert-OH is 1. The van der Waals surface area contributed by atoms with Crippen LogP contribution in [-0.2, 0) is 17.8 Å². The molecule has 4 N–H and O–H groups in total. The molecule has 0 bridgehead atoms. The van der Waals surface area contributed by atoms with E-state index in [0.29, 0.717) is 18.9 Å². The van der Waals surface area contributed by atoms with E-state index in [1.165, 1.54) is 0 Å². The maximum absolute atomic E-state index is 12.0. The second kappa shape index (κ2) is 7.92. The van der Waals surface area contributed by atoms with Crippen LogP contribution in [0.25, 0.3) is 0 Å². The first kappa shape index (κ1) is 15.7. The molecule has 4 nitrogen and oxygen atoms in total. The summed E-state index contributed by atoms with van der Waals surface area (Å²) in [6.07, 6.45) is 1.09. The zero-order valence-electron chi connectivity index (χ0n) is 11.7. The van der Waals surface area contributed by atoms with Gasteiger partial charge in [-0.3, -0.25) is 4.79 Å². The first-order valence-corrected chi connectivity index (χ1v) is 6.73. The van der Waals surface area contributed by atoms with E-state index in [4.69, 9.17) is 5.73 Å². The molecule has 4 heteroatoms. The maximum Gasteiger partial charge on any atom is 0.224 e. The lowest BCUT2D eigenvalue weighted by Gasteiger charge is -2.18. The van der Waals surface area contributed by atoms with Crippen LogP contribution < -0.4 is 11.1 Å². The van der Waals surface area contributed by atoms with E-state index in [9.17, 15) is 9.90 Å². The lowest BCUT2D eigenvalue weighted by molar-refractivity contribution is -0.121. The lowest BCUT2D eigenvalue weighted by Crippen LogP contribution is -2.39. The van der Waals surface area contributed by atoms with Crippen molar-refractivity contribution in [3.8, 4) is 0 Å². The van der Waals surface area contributed by atoms with E-state index < -0.39 is 0 Å². The van der Waals surface area contributed by atoms with Gasteiger partial charge in [0.05, 0.1) is 19.1 Å². The fraction of sp³-hybridized carbons (Fsp3) is 0.533. The Balaban J connectivity index is 2.59. The third-order valence-corrected chi connectivity index (χ3v) is 3.03. The Morgan fingerprint density at radius 2 is 1.95 bits per heavy atom. The molecular weight excluding hydrogens is 240 g/mol. The van der Waals surface area contributed by atoms with Gasteiger partial charge in [0.25, 0.3) is 0 Å². The Bertz CT molecular complexity index is 405. The second-order valence-electron chi connectivity index (χ2n) is 5.23. The third-order valence-electron chi connectivity index (χ3n) is 3.03.